The van der Waals surface area contributed by atoms with Crippen molar-refractivity contribution < 1.29 is 18.0 Å². The average molecular weight is 450 g/mol. The molecule has 3 rings (SSSR count). The van der Waals surface area contributed by atoms with Gasteiger partial charge in [0, 0.05) is 29.4 Å². The van der Waals surface area contributed by atoms with Gasteiger partial charge >= 0.3 is 0 Å². The number of likely N-dealkylation sites (N-methyl/N-ethyl adjacent to an activating group) is 1. The van der Waals surface area contributed by atoms with Crippen molar-refractivity contribution in [3.05, 3.63) is 58.6 Å². The molecule has 0 aliphatic carbocycles. The van der Waals surface area contributed by atoms with Gasteiger partial charge < -0.3 is 10.2 Å². The van der Waals surface area contributed by atoms with Crippen molar-refractivity contribution in [3.8, 4) is 0 Å². The van der Waals surface area contributed by atoms with Gasteiger partial charge in [0.15, 0.2) is 0 Å². The molecule has 0 bridgehead atoms. The molecule has 2 amide bonds. The molecule has 0 spiro atoms. The van der Waals surface area contributed by atoms with Gasteiger partial charge in [-0.25, -0.2) is 8.42 Å². The van der Waals surface area contributed by atoms with Crippen LogP contribution in [0, 0.1) is 6.92 Å². The second-order valence-electron chi connectivity index (χ2n) is 7.15. The summed E-state index contributed by atoms with van der Waals surface area (Å²) in [7, 11) is -3.87. The van der Waals surface area contributed by atoms with Crippen molar-refractivity contribution in [2.45, 2.75) is 37.6 Å². The fraction of sp³-hybridized carbons (Fsp3) is 0.333. The number of rotatable bonds is 6. The minimum absolute atomic E-state index is 0.0330. The summed E-state index contributed by atoms with van der Waals surface area (Å²) in [5.74, 6) is -0.473. The normalized spacial score (nSPS) is 16.4. The molecule has 7 nitrogen and oxygen atoms in total. The van der Waals surface area contributed by atoms with E-state index in [0.29, 0.717) is 30.1 Å². The molecule has 9 heteroatoms. The van der Waals surface area contributed by atoms with Crippen molar-refractivity contribution in [2.24, 2.45) is 0 Å². The summed E-state index contributed by atoms with van der Waals surface area (Å²) in [6, 6.07) is 10.2. The van der Waals surface area contributed by atoms with Crippen LogP contribution in [-0.4, -0.2) is 44.3 Å². The van der Waals surface area contributed by atoms with E-state index in [2.05, 4.69) is 10.0 Å². The summed E-state index contributed by atoms with van der Waals surface area (Å²) in [6.45, 7) is 4.60. The molecule has 1 heterocycles. The highest BCUT2D eigenvalue weighted by Crippen LogP contribution is 2.24. The predicted molar refractivity (Wildman–Crippen MR) is 116 cm³/mol. The smallest absolute Gasteiger partial charge is 0.261 e. The van der Waals surface area contributed by atoms with Gasteiger partial charge in [0.2, 0.25) is 5.91 Å². The maximum Gasteiger partial charge on any atom is 0.261 e. The number of likely N-dealkylation sites (tertiary alicyclic amines) is 1. The number of hydrogen-bond donors (Lipinski definition) is 2. The average Bonchev–Trinajstić information content (AvgIpc) is 3.19. The highest BCUT2D eigenvalue weighted by molar-refractivity contribution is 7.92. The minimum atomic E-state index is -3.87. The molecule has 2 aromatic rings. The monoisotopic (exact) mass is 449 g/mol. The predicted octanol–water partition coefficient (Wildman–Crippen LogP) is 3.19. The summed E-state index contributed by atoms with van der Waals surface area (Å²) in [6.07, 6.45) is 1.35. The molecule has 0 radical (unpaired) electrons. The van der Waals surface area contributed by atoms with Crippen LogP contribution in [-0.2, 0) is 14.8 Å². The molecule has 0 saturated carbocycles. The summed E-state index contributed by atoms with van der Waals surface area (Å²) < 4.78 is 27.9. The van der Waals surface area contributed by atoms with Crippen LogP contribution in [0.4, 0.5) is 5.69 Å². The molecule has 2 N–H and O–H groups in total. The van der Waals surface area contributed by atoms with E-state index in [-0.39, 0.29) is 22.4 Å². The van der Waals surface area contributed by atoms with Crippen molar-refractivity contribution in [2.75, 3.05) is 17.8 Å². The highest BCUT2D eigenvalue weighted by Gasteiger charge is 2.34. The van der Waals surface area contributed by atoms with E-state index < -0.39 is 16.1 Å². The molecule has 1 aliphatic heterocycles. The van der Waals surface area contributed by atoms with Crippen LogP contribution in [0.2, 0.25) is 5.02 Å². The largest absolute Gasteiger partial charge is 0.355 e. The number of nitrogens with zero attached hydrogens (tertiary/aromatic N) is 1. The van der Waals surface area contributed by atoms with Crippen molar-refractivity contribution in [1.29, 1.82) is 0 Å². The number of halogens is 1. The Balaban J connectivity index is 1.81. The number of sulfonamides is 1. The Morgan fingerprint density at radius 2 is 1.97 bits per heavy atom. The highest BCUT2D eigenvalue weighted by atomic mass is 35.5. The molecule has 2 aromatic carbocycles. The zero-order valence-electron chi connectivity index (χ0n) is 16.8. The number of anilines is 1. The molecule has 1 fully saturated rings. The molecule has 1 aliphatic rings. The van der Waals surface area contributed by atoms with E-state index in [1.165, 1.54) is 18.2 Å². The lowest BCUT2D eigenvalue weighted by molar-refractivity contribution is -0.124. The van der Waals surface area contributed by atoms with E-state index in [0.717, 1.165) is 12.0 Å². The van der Waals surface area contributed by atoms with Gasteiger partial charge in [-0.2, -0.15) is 0 Å². The number of benzene rings is 2. The Labute approximate surface area is 181 Å². The van der Waals surface area contributed by atoms with Crippen LogP contribution in [0.15, 0.2) is 47.4 Å². The SMILES string of the molecule is CCNC(=O)C1CCCN1C(=O)c1cccc(NS(=O)(=O)c2ccc(C)c(Cl)c2)c1. The van der Waals surface area contributed by atoms with Crippen molar-refractivity contribution in [1.82, 2.24) is 10.2 Å². The fourth-order valence-electron chi connectivity index (χ4n) is 3.41. The maximum atomic E-state index is 13.0. The number of amides is 2. The summed E-state index contributed by atoms with van der Waals surface area (Å²) >= 11 is 6.05. The van der Waals surface area contributed by atoms with Crippen LogP contribution in [0.1, 0.15) is 35.7 Å². The number of hydrogen-bond acceptors (Lipinski definition) is 4. The van der Waals surface area contributed by atoms with E-state index in [4.69, 9.17) is 11.6 Å². The Morgan fingerprint density at radius 3 is 2.67 bits per heavy atom. The first kappa shape index (κ1) is 22.1. The quantitative estimate of drug-likeness (QED) is 0.707. The number of carbonyl (C=O) groups excluding carboxylic acids is 2. The zero-order valence-corrected chi connectivity index (χ0v) is 18.4. The van der Waals surface area contributed by atoms with Crippen LogP contribution in [0.5, 0.6) is 0 Å². The van der Waals surface area contributed by atoms with Gasteiger partial charge in [-0.15, -0.1) is 0 Å². The van der Waals surface area contributed by atoms with E-state index in [1.807, 2.05) is 6.92 Å². The second-order valence-corrected chi connectivity index (χ2v) is 9.24. The van der Waals surface area contributed by atoms with Crippen molar-refractivity contribution in [3.63, 3.8) is 0 Å². The summed E-state index contributed by atoms with van der Waals surface area (Å²) in [4.78, 5) is 26.8. The lowest BCUT2D eigenvalue weighted by atomic mass is 10.1. The van der Waals surface area contributed by atoms with E-state index >= 15 is 0 Å². The number of nitrogens with one attached hydrogen (secondary N) is 2. The van der Waals surface area contributed by atoms with Gasteiger partial charge in [0.05, 0.1) is 4.90 Å². The first-order valence-corrected chi connectivity index (χ1v) is 11.6. The standard InChI is InChI=1S/C21H24ClN3O4S/c1-3-23-20(26)19-8-5-11-25(19)21(27)15-6-4-7-16(12-15)24-30(28,29)17-10-9-14(2)18(22)13-17/h4,6-7,9-10,12-13,19,24H,3,5,8,11H2,1-2H3,(H,23,26). The molecule has 1 atom stereocenters. The first-order chi connectivity index (χ1) is 14.2. The van der Waals surface area contributed by atoms with Crippen LogP contribution < -0.4 is 10.0 Å². The molecule has 0 aromatic heterocycles. The topological polar surface area (TPSA) is 95.6 Å². The third-order valence-corrected chi connectivity index (χ3v) is 6.77. The fourth-order valence-corrected chi connectivity index (χ4v) is 4.73. The lowest BCUT2D eigenvalue weighted by Crippen LogP contribution is -2.45. The Bertz CT molecular complexity index is 1070. The van der Waals surface area contributed by atoms with Gasteiger partial charge in [0.1, 0.15) is 6.04 Å². The second kappa shape index (κ2) is 9.06. The molecular formula is C21H24ClN3O4S. The molecule has 30 heavy (non-hydrogen) atoms. The molecule has 160 valence electrons. The number of carbonyl (C=O) groups is 2. The van der Waals surface area contributed by atoms with Gasteiger partial charge in [-0.3, -0.25) is 14.3 Å². The van der Waals surface area contributed by atoms with Crippen LogP contribution in [0.3, 0.4) is 0 Å². The van der Waals surface area contributed by atoms with E-state index in [1.54, 1.807) is 36.1 Å². The van der Waals surface area contributed by atoms with E-state index in [9.17, 15) is 18.0 Å². The maximum absolute atomic E-state index is 13.0. The van der Waals surface area contributed by atoms with Crippen molar-refractivity contribution >= 4 is 39.1 Å². The summed E-state index contributed by atoms with van der Waals surface area (Å²) in [5, 5.41) is 3.11. The summed E-state index contributed by atoms with van der Waals surface area (Å²) in [5.41, 5.74) is 1.34. The lowest BCUT2D eigenvalue weighted by Gasteiger charge is -2.24. The number of aryl methyl sites for hydroxylation is 1. The van der Waals surface area contributed by atoms with Gasteiger partial charge in [-0.1, -0.05) is 23.7 Å². The minimum Gasteiger partial charge on any atom is -0.355 e. The zero-order chi connectivity index (χ0) is 21.9. The van der Waals surface area contributed by atoms with Crippen LogP contribution in [0.25, 0.3) is 0 Å². The van der Waals surface area contributed by atoms with Gasteiger partial charge in [0.25, 0.3) is 15.9 Å². The molecular weight excluding hydrogens is 426 g/mol. The van der Waals surface area contributed by atoms with Gasteiger partial charge in [-0.05, 0) is 62.6 Å². The van der Waals surface area contributed by atoms with Crippen LogP contribution >= 0.6 is 11.6 Å². The third-order valence-electron chi connectivity index (χ3n) is 4.98. The molecule has 1 unspecified atom stereocenters. The molecule has 1 saturated heterocycles. The Morgan fingerprint density at radius 1 is 1.20 bits per heavy atom. The third kappa shape index (κ3) is 4.76. The Kier molecular flexibility index (Phi) is 6.67. The Hall–Kier alpha value is -2.58. The first-order valence-electron chi connectivity index (χ1n) is 9.70.